The fraction of sp³-hybridized carbons (Fsp3) is 0.250. The van der Waals surface area contributed by atoms with Crippen LogP contribution in [0.4, 0.5) is 4.39 Å². The Balaban J connectivity index is 1.72. The number of carbonyl (C=O) groups is 2. The summed E-state index contributed by atoms with van der Waals surface area (Å²) in [6.45, 7) is 3.62. The van der Waals surface area contributed by atoms with Crippen LogP contribution in [0.3, 0.4) is 0 Å². The molecule has 0 bridgehead atoms. The lowest BCUT2D eigenvalue weighted by Gasteiger charge is -2.34. The van der Waals surface area contributed by atoms with Crippen molar-refractivity contribution < 1.29 is 14.0 Å². The van der Waals surface area contributed by atoms with E-state index in [1.54, 1.807) is 34.1 Å². The molecule has 0 aliphatic carbocycles. The molecule has 0 radical (unpaired) electrons. The Bertz CT molecular complexity index is 1150. The number of amides is 2. The molecule has 1 aliphatic rings. The molecule has 32 heavy (non-hydrogen) atoms. The Labute approximate surface area is 195 Å². The Morgan fingerprint density at radius 2 is 1.62 bits per heavy atom. The minimum atomic E-state index is -0.356. The summed E-state index contributed by atoms with van der Waals surface area (Å²) < 4.78 is 15.9. The van der Waals surface area contributed by atoms with Gasteiger partial charge < -0.3 is 14.4 Å². The fourth-order valence-electron chi connectivity index (χ4n) is 4.02. The van der Waals surface area contributed by atoms with Gasteiger partial charge in [-0.05, 0) is 48.9 Å². The van der Waals surface area contributed by atoms with E-state index in [-0.39, 0.29) is 23.5 Å². The van der Waals surface area contributed by atoms with E-state index >= 15 is 0 Å². The van der Waals surface area contributed by atoms with E-state index in [9.17, 15) is 14.0 Å². The summed E-state index contributed by atoms with van der Waals surface area (Å²) in [5, 5.41) is 0.606. The van der Waals surface area contributed by atoms with E-state index in [0.717, 1.165) is 11.3 Å². The predicted molar refractivity (Wildman–Crippen MR) is 124 cm³/mol. The van der Waals surface area contributed by atoms with E-state index in [4.69, 9.17) is 23.2 Å². The number of piperazine rings is 1. The average molecular weight is 474 g/mol. The summed E-state index contributed by atoms with van der Waals surface area (Å²) in [7, 11) is 0. The Morgan fingerprint density at radius 1 is 0.969 bits per heavy atom. The van der Waals surface area contributed by atoms with Gasteiger partial charge in [0, 0.05) is 42.6 Å². The van der Waals surface area contributed by atoms with Crippen molar-refractivity contribution >= 4 is 35.0 Å². The van der Waals surface area contributed by atoms with E-state index in [0.29, 0.717) is 48.1 Å². The van der Waals surface area contributed by atoms with Gasteiger partial charge in [-0.3, -0.25) is 9.59 Å². The number of carbonyl (C=O) groups excluding carboxylic acids is 2. The topological polar surface area (TPSA) is 45.6 Å². The van der Waals surface area contributed by atoms with Gasteiger partial charge in [-0.15, -0.1) is 11.6 Å². The van der Waals surface area contributed by atoms with Crippen LogP contribution in [0.2, 0.25) is 5.02 Å². The molecule has 3 aromatic rings. The molecule has 5 nitrogen and oxygen atoms in total. The van der Waals surface area contributed by atoms with Crippen LogP contribution in [0, 0.1) is 12.7 Å². The summed E-state index contributed by atoms with van der Waals surface area (Å²) in [4.78, 5) is 28.6. The smallest absolute Gasteiger partial charge is 0.255 e. The normalized spacial score (nSPS) is 14.0. The van der Waals surface area contributed by atoms with Gasteiger partial charge in [0.25, 0.3) is 5.91 Å². The predicted octanol–water partition coefficient (Wildman–Crippen LogP) is 4.77. The summed E-state index contributed by atoms with van der Waals surface area (Å²) in [5.74, 6) is -0.665. The molecule has 0 atom stereocenters. The van der Waals surface area contributed by atoms with Crippen LogP contribution in [-0.4, -0.2) is 58.2 Å². The van der Waals surface area contributed by atoms with Crippen LogP contribution in [0.5, 0.6) is 0 Å². The van der Waals surface area contributed by atoms with E-state index in [1.807, 2.05) is 29.7 Å². The molecule has 0 N–H and O–H groups in total. The zero-order chi connectivity index (χ0) is 22.8. The third kappa shape index (κ3) is 4.38. The number of rotatable bonds is 4. The van der Waals surface area contributed by atoms with E-state index in [1.165, 1.54) is 12.1 Å². The lowest BCUT2D eigenvalue weighted by Crippen LogP contribution is -2.51. The van der Waals surface area contributed by atoms with Gasteiger partial charge in [-0.2, -0.15) is 0 Å². The molecule has 166 valence electrons. The van der Waals surface area contributed by atoms with Gasteiger partial charge in [0.2, 0.25) is 5.91 Å². The molecule has 0 unspecified atom stereocenters. The number of benzene rings is 2. The summed E-state index contributed by atoms with van der Waals surface area (Å²) >= 11 is 11.7. The number of hydrogen-bond acceptors (Lipinski definition) is 2. The molecule has 0 spiro atoms. The van der Waals surface area contributed by atoms with E-state index < -0.39 is 0 Å². The Kier molecular flexibility index (Phi) is 6.53. The molecule has 2 aromatic carbocycles. The zero-order valence-corrected chi connectivity index (χ0v) is 19.0. The van der Waals surface area contributed by atoms with Crippen molar-refractivity contribution in [2.45, 2.75) is 6.92 Å². The molecule has 8 heteroatoms. The van der Waals surface area contributed by atoms with Gasteiger partial charge in [0.15, 0.2) is 0 Å². The van der Waals surface area contributed by atoms with Crippen LogP contribution in [0.15, 0.2) is 54.6 Å². The number of hydrogen-bond donors (Lipinski definition) is 0. The summed E-state index contributed by atoms with van der Waals surface area (Å²) in [6, 6.07) is 15.4. The minimum Gasteiger partial charge on any atom is -0.338 e. The number of nitrogens with zero attached hydrogens (tertiary/aromatic N) is 3. The minimum absolute atomic E-state index is 0.0615. The van der Waals surface area contributed by atoms with Gasteiger partial charge in [0.1, 0.15) is 11.7 Å². The van der Waals surface area contributed by atoms with Gasteiger partial charge in [-0.1, -0.05) is 29.8 Å². The van der Waals surface area contributed by atoms with Crippen molar-refractivity contribution in [3.63, 3.8) is 0 Å². The maximum Gasteiger partial charge on any atom is 0.255 e. The lowest BCUT2D eigenvalue weighted by molar-refractivity contribution is -0.129. The first-order chi connectivity index (χ1) is 15.4. The van der Waals surface area contributed by atoms with E-state index in [2.05, 4.69) is 0 Å². The molecule has 2 amide bonds. The second-order valence-corrected chi connectivity index (χ2v) is 8.36. The third-order valence-electron chi connectivity index (χ3n) is 5.72. The van der Waals surface area contributed by atoms with Gasteiger partial charge in [0.05, 0.1) is 11.3 Å². The Morgan fingerprint density at radius 3 is 2.25 bits per heavy atom. The first-order valence-electron chi connectivity index (χ1n) is 10.3. The second-order valence-electron chi connectivity index (χ2n) is 7.66. The van der Waals surface area contributed by atoms with Crippen LogP contribution in [0.25, 0.3) is 16.9 Å². The first-order valence-corrected chi connectivity index (χ1v) is 11.2. The van der Waals surface area contributed by atoms with Crippen LogP contribution in [-0.2, 0) is 4.79 Å². The quantitative estimate of drug-likeness (QED) is 0.512. The molecule has 1 aromatic heterocycles. The third-order valence-corrected chi connectivity index (χ3v) is 6.20. The highest BCUT2D eigenvalue weighted by atomic mass is 35.5. The van der Waals surface area contributed by atoms with Crippen molar-refractivity contribution in [2.24, 2.45) is 0 Å². The monoisotopic (exact) mass is 473 g/mol. The molecule has 0 saturated carbocycles. The summed E-state index contributed by atoms with van der Waals surface area (Å²) in [6.07, 6.45) is 0. The Hall–Kier alpha value is -2.83. The standard InChI is InChI=1S/C24H22Cl2FN3O2/c1-16-21(24(32)29-11-9-28(10-12-29)23(31)15-25)14-22(17-5-7-18(26)8-6-17)30(16)20-4-2-3-19(27)13-20/h2-8,13-14H,9-12,15H2,1H3. The first kappa shape index (κ1) is 22.4. The largest absolute Gasteiger partial charge is 0.338 e. The van der Waals surface area contributed by atoms with Crippen LogP contribution in [0.1, 0.15) is 16.1 Å². The van der Waals surface area contributed by atoms with Gasteiger partial charge in [-0.25, -0.2) is 4.39 Å². The maximum absolute atomic E-state index is 14.0. The fourth-order valence-corrected chi connectivity index (χ4v) is 4.31. The molecular weight excluding hydrogens is 452 g/mol. The highest BCUT2D eigenvalue weighted by Crippen LogP contribution is 2.31. The SMILES string of the molecule is Cc1c(C(=O)N2CCN(C(=O)CCl)CC2)cc(-c2ccc(Cl)cc2)n1-c1cccc(F)c1. The van der Waals surface area contributed by atoms with Crippen molar-refractivity contribution in [3.8, 4) is 16.9 Å². The molecule has 4 rings (SSSR count). The van der Waals surface area contributed by atoms with Crippen molar-refractivity contribution in [1.82, 2.24) is 14.4 Å². The average Bonchev–Trinajstić information content (AvgIpc) is 3.15. The number of halogens is 3. The zero-order valence-electron chi connectivity index (χ0n) is 17.5. The van der Waals surface area contributed by atoms with Gasteiger partial charge >= 0.3 is 0 Å². The molecule has 1 aliphatic heterocycles. The van der Waals surface area contributed by atoms with Crippen molar-refractivity contribution in [2.75, 3.05) is 32.1 Å². The summed E-state index contributed by atoms with van der Waals surface area (Å²) in [5.41, 5.74) is 3.51. The second kappa shape index (κ2) is 9.35. The number of alkyl halides is 1. The molecular formula is C24H22Cl2FN3O2. The number of aromatic nitrogens is 1. The molecule has 1 saturated heterocycles. The lowest BCUT2D eigenvalue weighted by atomic mass is 10.1. The van der Waals surface area contributed by atoms with Crippen LogP contribution < -0.4 is 0 Å². The highest BCUT2D eigenvalue weighted by molar-refractivity contribution is 6.30. The van der Waals surface area contributed by atoms with Crippen LogP contribution >= 0.6 is 23.2 Å². The van der Waals surface area contributed by atoms with Crippen molar-refractivity contribution in [3.05, 3.63) is 76.7 Å². The maximum atomic E-state index is 14.0. The molecule has 2 heterocycles. The highest BCUT2D eigenvalue weighted by Gasteiger charge is 2.28. The molecule has 1 fully saturated rings. The van der Waals surface area contributed by atoms with Crippen molar-refractivity contribution in [1.29, 1.82) is 0 Å².